The minimum absolute atomic E-state index is 0.118. The van der Waals surface area contributed by atoms with Gasteiger partial charge in [0.1, 0.15) is 10.8 Å². The Kier molecular flexibility index (Phi) is 4.07. The van der Waals surface area contributed by atoms with Crippen LogP contribution in [0.25, 0.3) is 10.6 Å². The van der Waals surface area contributed by atoms with Crippen molar-refractivity contribution in [3.63, 3.8) is 0 Å². The molecule has 1 aromatic carbocycles. The van der Waals surface area contributed by atoms with E-state index in [4.69, 9.17) is 14.2 Å². The number of nitrogens with zero attached hydrogens (tertiary/aromatic N) is 1. The molecule has 0 saturated carbocycles. The Hall–Kier alpha value is -1.43. The van der Waals surface area contributed by atoms with Crippen molar-refractivity contribution in [3.8, 4) is 16.3 Å². The van der Waals surface area contributed by atoms with Crippen LogP contribution >= 0.6 is 11.3 Å². The van der Waals surface area contributed by atoms with Crippen LogP contribution in [0.1, 0.15) is 6.42 Å². The lowest BCUT2D eigenvalue weighted by Crippen LogP contribution is -2.12. The predicted octanol–water partition coefficient (Wildman–Crippen LogP) is 2.95. The summed E-state index contributed by atoms with van der Waals surface area (Å²) in [6, 6.07) is 7.95. The second-order valence-electron chi connectivity index (χ2n) is 4.14. The van der Waals surface area contributed by atoms with Gasteiger partial charge in [0.25, 0.3) is 0 Å². The number of hydrogen-bond donors (Lipinski definition) is 0. The maximum Gasteiger partial charge on any atom is 0.161 e. The number of hydrogen-bond acceptors (Lipinski definition) is 5. The molecule has 0 atom stereocenters. The first-order valence-electron chi connectivity index (χ1n) is 6.28. The molecule has 0 amide bonds. The molecule has 100 valence electrons. The number of thiazole rings is 1. The van der Waals surface area contributed by atoms with E-state index >= 15 is 0 Å². The molecule has 3 rings (SSSR count). The van der Waals surface area contributed by atoms with Crippen LogP contribution in [-0.2, 0) is 9.47 Å². The molecule has 4 nitrogen and oxygen atoms in total. The Balaban J connectivity index is 1.64. The third kappa shape index (κ3) is 3.12. The molecule has 1 saturated heterocycles. The summed E-state index contributed by atoms with van der Waals surface area (Å²) in [5.41, 5.74) is 1.03. The molecule has 0 bridgehead atoms. The largest absolute Gasteiger partial charge is 0.493 e. The van der Waals surface area contributed by atoms with Crippen molar-refractivity contribution in [2.45, 2.75) is 12.7 Å². The van der Waals surface area contributed by atoms with E-state index in [0.717, 1.165) is 22.7 Å². The van der Waals surface area contributed by atoms with E-state index in [1.807, 2.05) is 29.6 Å². The van der Waals surface area contributed by atoms with E-state index in [2.05, 4.69) is 4.98 Å². The molecule has 1 aromatic heterocycles. The minimum Gasteiger partial charge on any atom is -0.493 e. The van der Waals surface area contributed by atoms with Gasteiger partial charge in [-0.05, 0) is 12.1 Å². The Bertz CT molecular complexity index is 509. The second kappa shape index (κ2) is 6.14. The summed E-state index contributed by atoms with van der Waals surface area (Å²) in [5.74, 6) is 0.857. The van der Waals surface area contributed by atoms with Gasteiger partial charge in [-0.3, -0.25) is 0 Å². The molecule has 0 radical (unpaired) electrons. The zero-order valence-corrected chi connectivity index (χ0v) is 11.3. The van der Waals surface area contributed by atoms with E-state index in [1.165, 1.54) is 0 Å². The molecule has 0 unspecified atom stereocenters. The number of ether oxygens (including phenoxy) is 3. The van der Waals surface area contributed by atoms with E-state index in [9.17, 15) is 0 Å². The van der Waals surface area contributed by atoms with Gasteiger partial charge in [-0.25, -0.2) is 4.98 Å². The van der Waals surface area contributed by atoms with Gasteiger partial charge in [0.15, 0.2) is 6.29 Å². The average Bonchev–Trinajstić information content (AvgIpc) is 3.12. The predicted molar refractivity (Wildman–Crippen MR) is 73.4 cm³/mol. The topological polar surface area (TPSA) is 40.6 Å². The summed E-state index contributed by atoms with van der Waals surface area (Å²) in [5, 5.41) is 2.94. The molecule has 0 spiro atoms. The van der Waals surface area contributed by atoms with Gasteiger partial charge in [-0.2, -0.15) is 0 Å². The minimum atomic E-state index is -0.118. The lowest BCUT2D eigenvalue weighted by atomic mass is 10.2. The highest BCUT2D eigenvalue weighted by Gasteiger charge is 2.16. The van der Waals surface area contributed by atoms with E-state index in [1.54, 1.807) is 17.5 Å². The van der Waals surface area contributed by atoms with E-state index in [0.29, 0.717) is 19.8 Å². The standard InChI is InChI=1S/C14H15NO3S/c1-2-4-12(11(3-1)14-15-6-10-19-14)16-7-5-13-17-8-9-18-13/h1-4,6,10,13H,5,7-9H2. The summed E-state index contributed by atoms with van der Waals surface area (Å²) >= 11 is 1.61. The monoisotopic (exact) mass is 277 g/mol. The fourth-order valence-corrected chi connectivity index (χ4v) is 2.63. The number of benzene rings is 1. The van der Waals surface area contributed by atoms with Crippen molar-refractivity contribution in [1.29, 1.82) is 0 Å². The highest BCUT2D eigenvalue weighted by atomic mass is 32.1. The number of para-hydroxylation sites is 1. The summed E-state index contributed by atoms with van der Waals surface area (Å²) in [6.45, 7) is 1.94. The quantitative estimate of drug-likeness (QED) is 0.842. The first-order valence-corrected chi connectivity index (χ1v) is 7.16. The summed E-state index contributed by atoms with van der Waals surface area (Å²) in [4.78, 5) is 4.32. The van der Waals surface area contributed by atoms with Crippen molar-refractivity contribution in [2.75, 3.05) is 19.8 Å². The molecule has 19 heavy (non-hydrogen) atoms. The SMILES string of the molecule is c1ccc(-c2nccs2)c(OCCC2OCCO2)c1. The normalized spacial score (nSPS) is 15.8. The van der Waals surface area contributed by atoms with Gasteiger partial charge in [0.05, 0.1) is 25.4 Å². The molecule has 1 fully saturated rings. The van der Waals surface area contributed by atoms with Crippen molar-refractivity contribution in [1.82, 2.24) is 4.98 Å². The van der Waals surface area contributed by atoms with Gasteiger partial charge in [-0.1, -0.05) is 12.1 Å². The second-order valence-corrected chi connectivity index (χ2v) is 5.04. The Labute approximate surface area is 116 Å². The maximum atomic E-state index is 5.83. The Morgan fingerprint density at radius 1 is 1.26 bits per heavy atom. The highest BCUT2D eigenvalue weighted by Crippen LogP contribution is 2.31. The van der Waals surface area contributed by atoms with Crippen LogP contribution in [0.5, 0.6) is 5.75 Å². The molecule has 5 heteroatoms. The van der Waals surface area contributed by atoms with Gasteiger partial charge >= 0.3 is 0 Å². The van der Waals surface area contributed by atoms with Crippen molar-refractivity contribution in [3.05, 3.63) is 35.8 Å². The maximum absolute atomic E-state index is 5.83. The molecule has 0 N–H and O–H groups in total. The van der Waals surface area contributed by atoms with Crippen LogP contribution in [-0.4, -0.2) is 31.1 Å². The lowest BCUT2D eigenvalue weighted by Gasteiger charge is -2.12. The van der Waals surface area contributed by atoms with E-state index in [-0.39, 0.29) is 6.29 Å². The van der Waals surface area contributed by atoms with Crippen LogP contribution in [0.3, 0.4) is 0 Å². The zero-order chi connectivity index (χ0) is 12.9. The van der Waals surface area contributed by atoms with E-state index < -0.39 is 0 Å². The molecule has 1 aliphatic heterocycles. The zero-order valence-electron chi connectivity index (χ0n) is 10.5. The summed E-state index contributed by atoms with van der Waals surface area (Å²) < 4.78 is 16.6. The molecular weight excluding hydrogens is 262 g/mol. The molecule has 2 aromatic rings. The van der Waals surface area contributed by atoms with Crippen LogP contribution in [0, 0.1) is 0 Å². The van der Waals surface area contributed by atoms with Crippen molar-refractivity contribution >= 4 is 11.3 Å². The Morgan fingerprint density at radius 2 is 2.11 bits per heavy atom. The average molecular weight is 277 g/mol. The fourth-order valence-electron chi connectivity index (χ4n) is 1.96. The third-order valence-corrected chi connectivity index (χ3v) is 3.66. The van der Waals surface area contributed by atoms with Crippen LogP contribution in [0.2, 0.25) is 0 Å². The van der Waals surface area contributed by atoms with Gasteiger partial charge in [-0.15, -0.1) is 11.3 Å². The highest BCUT2D eigenvalue weighted by molar-refractivity contribution is 7.13. The fraction of sp³-hybridized carbons (Fsp3) is 0.357. The van der Waals surface area contributed by atoms with Crippen LogP contribution in [0.15, 0.2) is 35.8 Å². The van der Waals surface area contributed by atoms with Gasteiger partial charge in [0, 0.05) is 18.0 Å². The summed E-state index contributed by atoms with van der Waals surface area (Å²) in [7, 11) is 0. The summed E-state index contributed by atoms with van der Waals surface area (Å²) in [6.07, 6.45) is 2.43. The van der Waals surface area contributed by atoms with Gasteiger partial charge < -0.3 is 14.2 Å². The van der Waals surface area contributed by atoms with Crippen molar-refractivity contribution in [2.24, 2.45) is 0 Å². The molecular formula is C14H15NO3S. The van der Waals surface area contributed by atoms with Crippen molar-refractivity contribution < 1.29 is 14.2 Å². The molecule has 0 aliphatic carbocycles. The van der Waals surface area contributed by atoms with Gasteiger partial charge in [0.2, 0.25) is 0 Å². The Morgan fingerprint density at radius 3 is 2.89 bits per heavy atom. The first kappa shape index (κ1) is 12.6. The molecule has 2 heterocycles. The smallest absolute Gasteiger partial charge is 0.161 e. The first-order chi connectivity index (χ1) is 9.43. The third-order valence-electron chi connectivity index (χ3n) is 2.85. The number of aromatic nitrogens is 1. The van der Waals surface area contributed by atoms with Crippen LogP contribution in [0.4, 0.5) is 0 Å². The number of rotatable bonds is 5. The lowest BCUT2D eigenvalue weighted by molar-refractivity contribution is -0.0531. The van der Waals surface area contributed by atoms with Crippen LogP contribution < -0.4 is 4.74 Å². The molecule has 1 aliphatic rings.